The predicted molar refractivity (Wildman–Crippen MR) is 130 cm³/mol. The average molecular weight is 471 g/mol. The highest BCUT2D eigenvalue weighted by molar-refractivity contribution is 5.82. The molecule has 1 N–H and O–H groups in total. The van der Waals surface area contributed by atoms with Crippen molar-refractivity contribution in [2.75, 3.05) is 0 Å². The van der Waals surface area contributed by atoms with E-state index in [0.29, 0.717) is 23.7 Å². The Kier molecular flexibility index (Phi) is 4.04. The summed E-state index contributed by atoms with van der Waals surface area (Å²) in [5.74, 6) is 2.49. The van der Waals surface area contributed by atoms with Gasteiger partial charge in [0.25, 0.3) is 0 Å². The molecular weight excluding hydrogens is 424 g/mol. The molecule has 2 aliphatic heterocycles. The highest BCUT2D eigenvalue weighted by Crippen LogP contribution is 2.83. The van der Waals surface area contributed by atoms with E-state index in [1.807, 2.05) is 0 Å². The summed E-state index contributed by atoms with van der Waals surface area (Å²) in [4.78, 5) is 13.8. The molecule has 0 amide bonds. The first kappa shape index (κ1) is 22.6. The number of carbonyl (C=O) groups excluding carboxylic acids is 1. The Morgan fingerprint density at radius 3 is 2.35 bits per heavy atom. The van der Waals surface area contributed by atoms with E-state index < -0.39 is 5.60 Å². The molecule has 34 heavy (non-hydrogen) atoms. The molecule has 2 heterocycles. The first-order valence-corrected chi connectivity index (χ1v) is 14.4. The van der Waals surface area contributed by atoms with Gasteiger partial charge in [0.05, 0.1) is 17.6 Å². The number of esters is 1. The Balaban J connectivity index is 1.39. The van der Waals surface area contributed by atoms with E-state index in [1.54, 1.807) is 0 Å². The summed E-state index contributed by atoms with van der Waals surface area (Å²) >= 11 is 0. The van der Waals surface area contributed by atoms with E-state index in [4.69, 9.17) is 9.47 Å². The van der Waals surface area contributed by atoms with Crippen molar-refractivity contribution in [1.29, 1.82) is 0 Å². The van der Waals surface area contributed by atoms with Gasteiger partial charge in [0.1, 0.15) is 6.10 Å². The molecule has 0 aromatic carbocycles. The van der Waals surface area contributed by atoms with Gasteiger partial charge >= 0.3 is 5.97 Å². The second kappa shape index (κ2) is 6.09. The number of hydrogen-bond donors (Lipinski definition) is 1. The van der Waals surface area contributed by atoms with Gasteiger partial charge in [0.2, 0.25) is 0 Å². The first-order valence-electron chi connectivity index (χ1n) is 14.4. The van der Waals surface area contributed by atoms with E-state index in [9.17, 15) is 9.90 Å². The Bertz CT molecular complexity index is 959. The third kappa shape index (κ3) is 2.03. The Labute approximate surface area is 205 Å². The maximum absolute atomic E-state index is 13.8. The van der Waals surface area contributed by atoms with Gasteiger partial charge in [-0.25, -0.2) is 0 Å². The van der Waals surface area contributed by atoms with Gasteiger partial charge in [0.15, 0.2) is 5.60 Å². The summed E-state index contributed by atoms with van der Waals surface area (Å²) in [6.07, 6.45) is 8.56. The minimum absolute atomic E-state index is 0.0602. The van der Waals surface area contributed by atoms with Crippen molar-refractivity contribution in [2.24, 2.45) is 56.7 Å². The molecule has 13 atom stereocenters. The number of ether oxygens (including phenoxy) is 2. The van der Waals surface area contributed by atoms with Crippen molar-refractivity contribution >= 4 is 5.97 Å². The van der Waals surface area contributed by atoms with Crippen molar-refractivity contribution in [3.63, 3.8) is 0 Å². The van der Waals surface area contributed by atoms with Crippen LogP contribution in [0.25, 0.3) is 0 Å². The summed E-state index contributed by atoms with van der Waals surface area (Å²) < 4.78 is 13.6. The molecule has 1 spiro atoms. The van der Waals surface area contributed by atoms with Crippen LogP contribution in [0.15, 0.2) is 0 Å². The number of hydrogen-bond acceptors (Lipinski definition) is 4. The quantitative estimate of drug-likeness (QED) is 0.362. The monoisotopic (exact) mass is 470 g/mol. The number of epoxide rings is 1. The van der Waals surface area contributed by atoms with Crippen LogP contribution in [0.3, 0.4) is 0 Å². The number of aliphatic hydroxyl groups is 1. The molecule has 7 aliphatic rings. The smallest absolute Gasteiger partial charge is 0.313 e. The zero-order valence-electron chi connectivity index (χ0n) is 22.4. The van der Waals surface area contributed by atoms with Crippen LogP contribution in [0.4, 0.5) is 0 Å². The topological polar surface area (TPSA) is 59.1 Å². The number of aliphatic hydroxyl groups excluding tert-OH is 1. The van der Waals surface area contributed by atoms with Crippen LogP contribution in [0.5, 0.6) is 0 Å². The van der Waals surface area contributed by atoms with Crippen molar-refractivity contribution in [1.82, 2.24) is 0 Å². The van der Waals surface area contributed by atoms with E-state index in [1.165, 1.54) is 0 Å². The van der Waals surface area contributed by atoms with Gasteiger partial charge in [-0.1, -0.05) is 48.5 Å². The van der Waals surface area contributed by atoms with Crippen molar-refractivity contribution in [3.05, 3.63) is 0 Å². The van der Waals surface area contributed by atoms with E-state index in [2.05, 4.69) is 48.5 Å². The van der Waals surface area contributed by atoms with Crippen LogP contribution in [0, 0.1) is 56.7 Å². The predicted octanol–water partition coefficient (Wildman–Crippen LogP) is 5.75. The number of carbonyl (C=O) groups is 1. The summed E-state index contributed by atoms with van der Waals surface area (Å²) in [5, 5.41) is 11.0. The molecule has 2 saturated heterocycles. The summed E-state index contributed by atoms with van der Waals surface area (Å²) in [7, 11) is 0. The zero-order valence-corrected chi connectivity index (χ0v) is 22.4. The van der Waals surface area contributed by atoms with Gasteiger partial charge < -0.3 is 14.6 Å². The minimum atomic E-state index is -0.459. The molecule has 4 heteroatoms. The highest BCUT2D eigenvalue weighted by Gasteiger charge is 2.89. The zero-order chi connectivity index (χ0) is 24.3. The molecule has 190 valence electrons. The SMILES string of the molecule is CC1CCC23CCC4(C)C5(C)CCC6C(C)(C)C(O)CCC6(C)C5C5OC5C4(OC2=O)C3C1C. The lowest BCUT2D eigenvalue weighted by Crippen LogP contribution is -2.75. The van der Waals surface area contributed by atoms with E-state index in [-0.39, 0.29) is 57.3 Å². The molecule has 5 saturated carbocycles. The Hall–Kier alpha value is -0.610. The molecule has 4 nitrogen and oxygen atoms in total. The minimum Gasteiger partial charge on any atom is -0.455 e. The van der Waals surface area contributed by atoms with Gasteiger partial charge in [0, 0.05) is 11.3 Å². The molecule has 0 radical (unpaired) electrons. The van der Waals surface area contributed by atoms with Crippen LogP contribution >= 0.6 is 0 Å². The standard InChI is InChI=1S/C30H46O4/c1-16-8-13-29-15-14-28(7)27(6)12-9-18-25(3,4)19(31)10-11-26(18,5)22(27)20-23(33-20)30(28,34-24(29)32)21(29)17(16)2/h16-23,31H,8-15H2,1-7H3. The molecule has 7 rings (SSSR count). The average Bonchev–Trinajstić information content (AvgIpc) is 3.51. The summed E-state index contributed by atoms with van der Waals surface area (Å²) in [6, 6.07) is 0. The molecule has 0 aromatic heterocycles. The van der Waals surface area contributed by atoms with Gasteiger partial charge in [-0.3, -0.25) is 4.79 Å². The second-order valence-electron chi connectivity index (χ2n) is 15.4. The first-order chi connectivity index (χ1) is 15.8. The van der Waals surface area contributed by atoms with Crippen LogP contribution in [0.1, 0.15) is 99.8 Å². The second-order valence-corrected chi connectivity index (χ2v) is 15.4. The lowest BCUT2D eigenvalue weighted by Gasteiger charge is -2.72. The fourth-order valence-electron chi connectivity index (χ4n) is 12.4. The van der Waals surface area contributed by atoms with Crippen molar-refractivity contribution < 1.29 is 19.4 Å². The normalized spacial score (nSPS) is 65.1. The lowest BCUT2D eigenvalue weighted by molar-refractivity contribution is -0.277. The highest BCUT2D eigenvalue weighted by atomic mass is 16.6. The molecule has 5 aliphatic carbocycles. The molecule has 7 fully saturated rings. The van der Waals surface area contributed by atoms with Crippen molar-refractivity contribution in [2.45, 2.75) is 124 Å². The van der Waals surface area contributed by atoms with Gasteiger partial charge in [-0.15, -0.1) is 0 Å². The van der Waals surface area contributed by atoms with Crippen LogP contribution in [-0.4, -0.2) is 35.0 Å². The van der Waals surface area contributed by atoms with Crippen molar-refractivity contribution in [3.8, 4) is 0 Å². The third-order valence-electron chi connectivity index (χ3n) is 14.5. The summed E-state index contributed by atoms with van der Waals surface area (Å²) in [6.45, 7) is 17.0. The number of fused-ring (bicyclic) bond motifs is 6. The Morgan fingerprint density at radius 1 is 0.882 bits per heavy atom. The maximum atomic E-state index is 13.8. The van der Waals surface area contributed by atoms with Crippen LogP contribution in [0.2, 0.25) is 0 Å². The van der Waals surface area contributed by atoms with Gasteiger partial charge in [-0.05, 0) is 91.3 Å². The third-order valence-corrected chi connectivity index (χ3v) is 14.5. The van der Waals surface area contributed by atoms with Crippen LogP contribution in [-0.2, 0) is 14.3 Å². The molecular formula is C30H46O4. The van der Waals surface area contributed by atoms with E-state index in [0.717, 1.165) is 51.4 Å². The molecule has 13 unspecified atom stereocenters. The van der Waals surface area contributed by atoms with E-state index >= 15 is 0 Å². The lowest BCUT2D eigenvalue weighted by atomic mass is 9.30. The maximum Gasteiger partial charge on any atom is 0.313 e. The largest absolute Gasteiger partial charge is 0.455 e. The molecule has 2 bridgehead atoms. The fourth-order valence-corrected chi connectivity index (χ4v) is 12.4. The fraction of sp³-hybridized carbons (Fsp3) is 0.967. The number of rotatable bonds is 0. The van der Waals surface area contributed by atoms with Gasteiger partial charge in [-0.2, -0.15) is 0 Å². The van der Waals surface area contributed by atoms with Crippen LogP contribution < -0.4 is 0 Å². The molecule has 0 aromatic rings. The summed E-state index contributed by atoms with van der Waals surface area (Å²) in [5.41, 5.74) is -0.637. The Morgan fingerprint density at radius 2 is 1.62 bits per heavy atom.